The molecule has 4 N–H and O–H groups in total. The first kappa shape index (κ1) is 23.9. The molecule has 2 heterocycles. The van der Waals surface area contributed by atoms with Crippen LogP contribution in [0.4, 0.5) is 13.2 Å². The number of aryl methyl sites for hydroxylation is 1. The van der Waals surface area contributed by atoms with E-state index in [-0.39, 0.29) is 26.8 Å². The van der Waals surface area contributed by atoms with E-state index >= 15 is 0 Å². The number of nitrogens with zero attached hydrogens (tertiary/aromatic N) is 1. The number of carbonyl (C=O) groups is 2. The van der Waals surface area contributed by atoms with Crippen LogP contribution in [0.3, 0.4) is 0 Å². The molecule has 0 spiro atoms. The van der Waals surface area contributed by atoms with Crippen molar-refractivity contribution < 1.29 is 40.8 Å². The molecule has 1 saturated carbocycles. The van der Waals surface area contributed by atoms with E-state index in [1.54, 1.807) is 6.92 Å². The number of nitrogens with one attached hydrogen (secondary N) is 1. The SMILES string of the molecule is Cc1cc(C(N)=O)ccc1[C@@H]1C[C@]1(NS(=O)(=O)c1ccc(-c2cc(C(F)(F)F)on2)s1)C(=O)O. The van der Waals surface area contributed by atoms with Gasteiger partial charge >= 0.3 is 12.1 Å². The Balaban J connectivity index is 1.60. The number of sulfonamides is 1. The summed E-state index contributed by atoms with van der Waals surface area (Å²) in [4.78, 5) is 23.5. The lowest BCUT2D eigenvalue weighted by molar-refractivity contribution is -0.155. The Morgan fingerprint density at radius 2 is 1.97 bits per heavy atom. The highest BCUT2D eigenvalue weighted by Gasteiger charge is 2.63. The molecule has 0 radical (unpaired) electrons. The fraction of sp³-hybridized carbons (Fsp3) is 0.250. The van der Waals surface area contributed by atoms with Crippen LogP contribution in [-0.2, 0) is 21.0 Å². The zero-order valence-corrected chi connectivity index (χ0v) is 18.8. The van der Waals surface area contributed by atoms with E-state index in [1.807, 2.05) is 0 Å². The number of hydrogen-bond donors (Lipinski definition) is 3. The van der Waals surface area contributed by atoms with Crippen LogP contribution in [0.1, 0.15) is 39.6 Å². The van der Waals surface area contributed by atoms with Gasteiger partial charge in [-0.1, -0.05) is 11.2 Å². The summed E-state index contributed by atoms with van der Waals surface area (Å²) in [6, 6.07) is 7.50. The number of nitrogens with two attached hydrogens (primary N) is 1. The molecule has 4 rings (SSSR count). The second kappa shape index (κ2) is 7.92. The van der Waals surface area contributed by atoms with E-state index in [4.69, 9.17) is 5.73 Å². The van der Waals surface area contributed by atoms with Crippen LogP contribution >= 0.6 is 11.3 Å². The maximum atomic E-state index is 13.0. The summed E-state index contributed by atoms with van der Waals surface area (Å²) in [6.07, 6.45) is -4.78. The van der Waals surface area contributed by atoms with Crippen molar-refractivity contribution in [3.8, 4) is 10.6 Å². The average molecular weight is 515 g/mol. The summed E-state index contributed by atoms with van der Waals surface area (Å²) in [5.74, 6) is -4.08. The number of alkyl halides is 3. The Kier molecular flexibility index (Phi) is 5.57. The molecule has 1 amide bonds. The summed E-state index contributed by atoms with van der Waals surface area (Å²) < 4.78 is 70.3. The highest BCUT2D eigenvalue weighted by molar-refractivity contribution is 7.91. The van der Waals surface area contributed by atoms with Gasteiger partial charge in [-0.05, 0) is 48.7 Å². The Labute approximate surface area is 194 Å². The first-order valence-corrected chi connectivity index (χ1v) is 11.9. The molecule has 2 atom stereocenters. The minimum absolute atomic E-state index is 0.0330. The number of carboxylic acid groups (broad SMARTS) is 1. The van der Waals surface area contributed by atoms with Gasteiger partial charge < -0.3 is 15.4 Å². The van der Waals surface area contributed by atoms with Gasteiger partial charge in [-0.25, -0.2) is 8.42 Å². The van der Waals surface area contributed by atoms with Crippen molar-refractivity contribution in [1.29, 1.82) is 0 Å². The summed E-state index contributed by atoms with van der Waals surface area (Å²) >= 11 is 0.618. The van der Waals surface area contributed by atoms with Gasteiger partial charge in [0.2, 0.25) is 11.7 Å². The van der Waals surface area contributed by atoms with Gasteiger partial charge in [-0.15, -0.1) is 11.3 Å². The van der Waals surface area contributed by atoms with Gasteiger partial charge in [-0.3, -0.25) is 9.59 Å². The molecule has 0 bridgehead atoms. The van der Waals surface area contributed by atoms with Crippen LogP contribution in [0.25, 0.3) is 10.6 Å². The predicted molar refractivity (Wildman–Crippen MR) is 113 cm³/mol. The Morgan fingerprint density at radius 3 is 2.53 bits per heavy atom. The number of rotatable bonds is 7. The molecular formula is C20H16F3N3O6S2. The molecule has 9 nitrogen and oxygen atoms in total. The summed E-state index contributed by atoms with van der Waals surface area (Å²) in [5, 5.41) is 13.1. The van der Waals surface area contributed by atoms with Crippen LogP contribution in [0.5, 0.6) is 0 Å². The first-order chi connectivity index (χ1) is 15.7. The molecule has 0 unspecified atom stereocenters. The van der Waals surface area contributed by atoms with E-state index < -0.39 is 45.3 Å². The highest BCUT2D eigenvalue weighted by atomic mass is 32.2. The molecule has 180 valence electrons. The molecule has 0 aliphatic heterocycles. The molecule has 1 aliphatic rings. The Morgan fingerprint density at radius 1 is 1.26 bits per heavy atom. The number of aliphatic carboxylic acids is 1. The monoisotopic (exact) mass is 515 g/mol. The van der Waals surface area contributed by atoms with Crippen molar-refractivity contribution in [3.63, 3.8) is 0 Å². The standard InChI is InChI=1S/C20H16F3N3O6S2/c1-9-6-10(17(24)27)2-3-11(9)12-8-19(12,18(28)29)26-34(30,31)16-5-4-14(33-16)13-7-15(32-25-13)20(21,22)23/h2-7,12,26H,8H2,1H3,(H2,24,27)(H,28,29)/t12-,19+/m0/s1. The third-order valence-corrected chi connectivity index (χ3v) is 8.59. The fourth-order valence-electron chi connectivity index (χ4n) is 3.67. The number of amides is 1. The number of hydrogen-bond acceptors (Lipinski definition) is 7. The molecule has 0 saturated heterocycles. The maximum absolute atomic E-state index is 13.0. The lowest BCUT2D eigenvalue weighted by atomic mass is 9.99. The lowest BCUT2D eigenvalue weighted by Crippen LogP contribution is -2.44. The van der Waals surface area contributed by atoms with Crippen molar-refractivity contribution in [3.05, 3.63) is 58.8 Å². The van der Waals surface area contributed by atoms with Gasteiger partial charge in [0.15, 0.2) is 0 Å². The summed E-state index contributed by atoms with van der Waals surface area (Å²) in [7, 11) is -4.35. The Hall–Kier alpha value is -3.23. The molecule has 1 aromatic carbocycles. The minimum Gasteiger partial charge on any atom is -0.480 e. The third kappa shape index (κ3) is 4.19. The Bertz CT molecular complexity index is 1410. The normalized spacial score (nSPS) is 20.3. The molecule has 1 aliphatic carbocycles. The number of aromatic nitrogens is 1. The minimum atomic E-state index is -4.75. The quantitative estimate of drug-likeness (QED) is 0.437. The summed E-state index contributed by atoms with van der Waals surface area (Å²) in [6.45, 7) is 1.65. The van der Waals surface area contributed by atoms with E-state index in [1.165, 1.54) is 24.3 Å². The van der Waals surface area contributed by atoms with E-state index in [2.05, 4.69) is 14.4 Å². The largest absolute Gasteiger partial charge is 0.480 e. The van der Waals surface area contributed by atoms with Crippen LogP contribution in [0.15, 0.2) is 45.1 Å². The first-order valence-electron chi connectivity index (χ1n) is 9.56. The topological polar surface area (TPSA) is 153 Å². The number of carboxylic acids is 1. The zero-order valence-electron chi connectivity index (χ0n) is 17.2. The van der Waals surface area contributed by atoms with Crippen molar-refractivity contribution in [2.24, 2.45) is 5.73 Å². The predicted octanol–water partition coefficient (Wildman–Crippen LogP) is 3.12. The van der Waals surface area contributed by atoms with Crippen molar-refractivity contribution >= 4 is 33.2 Å². The fourth-order valence-corrected chi connectivity index (χ4v) is 6.33. The van der Waals surface area contributed by atoms with Crippen LogP contribution in [0.2, 0.25) is 0 Å². The third-order valence-electron chi connectivity index (χ3n) is 5.48. The number of primary amides is 1. The van der Waals surface area contributed by atoms with Gasteiger partial charge in [0.1, 0.15) is 15.4 Å². The molecular weight excluding hydrogens is 499 g/mol. The van der Waals surface area contributed by atoms with Gasteiger partial charge in [0.25, 0.3) is 10.0 Å². The second-order valence-corrected chi connectivity index (χ2v) is 10.8. The average Bonchev–Trinajstić information content (AvgIpc) is 3.12. The second-order valence-electron chi connectivity index (χ2n) is 7.77. The number of carbonyl (C=O) groups excluding carboxylic acids is 1. The van der Waals surface area contributed by atoms with Crippen LogP contribution in [0, 0.1) is 6.92 Å². The number of benzene rings is 1. The summed E-state index contributed by atoms with van der Waals surface area (Å²) in [5.41, 5.74) is 4.58. The van der Waals surface area contributed by atoms with Gasteiger partial charge in [0, 0.05) is 17.5 Å². The van der Waals surface area contributed by atoms with Crippen molar-refractivity contribution in [2.45, 2.75) is 35.2 Å². The smallest absolute Gasteiger partial charge is 0.452 e. The zero-order chi connectivity index (χ0) is 25.1. The number of thiophene rings is 1. The van der Waals surface area contributed by atoms with Crippen LogP contribution < -0.4 is 10.5 Å². The van der Waals surface area contributed by atoms with Crippen LogP contribution in [-0.4, -0.2) is 36.1 Å². The van der Waals surface area contributed by atoms with Gasteiger partial charge in [-0.2, -0.15) is 17.9 Å². The van der Waals surface area contributed by atoms with E-state index in [9.17, 15) is 36.3 Å². The van der Waals surface area contributed by atoms with Gasteiger partial charge in [0.05, 0.1) is 4.88 Å². The molecule has 2 aromatic heterocycles. The van der Waals surface area contributed by atoms with E-state index in [0.29, 0.717) is 28.5 Å². The van der Waals surface area contributed by atoms with E-state index in [0.717, 1.165) is 6.07 Å². The molecule has 14 heteroatoms. The number of halogens is 3. The van der Waals surface area contributed by atoms with Crippen molar-refractivity contribution in [2.75, 3.05) is 0 Å². The molecule has 3 aromatic rings. The maximum Gasteiger partial charge on any atom is 0.452 e. The lowest BCUT2D eigenvalue weighted by Gasteiger charge is -2.16. The highest BCUT2D eigenvalue weighted by Crippen LogP contribution is 2.53. The molecule has 1 fully saturated rings. The van der Waals surface area contributed by atoms with Crippen molar-refractivity contribution in [1.82, 2.24) is 9.88 Å². The molecule has 34 heavy (non-hydrogen) atoms.